The molecule has 0 bridgehead atoms. The van der Waals surface area contributed by atoms with Gasteiger partial charge < -0.3 is 11.1 Å². The highest BCUT2D eigenvalue weighted by atomic mass is 19.1. The third kappa shape index (κ3) is 4.15. The normalized spacial score (nSPS) is 12.2. The molecule has 1 unspecified atom stereocenters. The fourth-order valence-corrected chi connectivity index (χ4v) is 1.58. The maximum atomic E-state index is 12.9. The van der Waals surface area contributed by atoms with Crippen LogP contribution in [-0.2, 0) is 4.79 Å². The molecule has 0 spiro atoms. The molecule has 0 aromatic heterocycles. The average Bonchev–Trinajstić information content (AvgIpc) is 2.29. The van der Waals surface area contributed by atoms with Crippen molar-refractivity contribution in [1.29, 1.82) is 0 Å². The van der Waals surface area contributed by atoms with Gasteiger partial charge in [0.25, 0.3) is 0 Å². The van der Waals surface area contributed by atoms with Crippen LogP contribution in [-0.4, -0.2) is 12.5 Å². The molecule has 17 heavy (non-hydrogen) atoms. The first kappa shape index (κ1) is 13.6. The van der Waals surface area contributed by atoms with Crippen LogP contribution in [0.15, 0.2) is 18.2 Å². The number of nitrogens with two attached hydrogens (primary N) is 1. The van der Waals surface area contributed by atoms with E-state index in [1.165, 1.54) is 12.1 Å². The van der Waals surface area contributed by atoms with E-state index in [9.17, 15) is 9.18 Å². The standard InChI is InChI=1S/C13H19FN2O/c1-9(4-3-7-15)13(17)16-12-6-5-11(14)8-10(12)2/h5-6,8-9H,3-4,7,15H2,1-2H3,(H,16,17). The first-order valence-corrected chi connectivity index (χ1v) is 5.81. The van der Waals surface area contributed by atoms with Gasteiger partial charge in [0.05, 0.1) is 0 Å². The molecular weight excluding hydrogens is 219 g/mol. The van der Waals surface area contributed by atoms with Crippen molar-refractivity contribution in [2.24, 2.45) is 11.7 Å². The Morgan fingerprint density at radius 2 is 2.24 bits per heavy atom. The lowest BCUT2D eigenvalue weighted by atomic mass is 10.0. The predicted octanol–water partition coefficient (Wildman–Crippen LogP) is 2.45. The number of halogens is 1. The van der Waals surface area contributed by atoms with Gasteiger partial charge in [-0.2, -0.15) is 0 Å². The Morgan fingerprint density at radius 1 is 1.53 bits per heavy atom. The lowest BCUT2D eigenvalue weighted by molar-refractivity contribution is -0.119. The lowest BCUT2D eigenvalue weighted by Gasteiger charge is -2.13. The second-order valence-electron chi connectivity index (χ2n) is 4.28. The monoisotopic (exact) mass is 238 g/mol. The number of nitrogens with one attached hydrogen (secondary N) is 1. The largest absolute Gasteiger partial charge is 0.330 e. The smallest absolute Gasteiger partial charge is 0.227 e. The third-order valence-electron chi connectivity index (χ3n) is 2.74. The number of hydrogen-bond acceptors (Lipinski definition) is 2. The first-order valence-electron chi connectivity index (χ1n) is 5.81. The van der Waals surface area contributed by atoms with Crippen molar-refractivity contribution >= 4 is 11.6 Å². The van der Waals surface area contributed by atoms with Crippen LogP contribution in [0.2, 0.25) is 0 Å². The summed E-state index contributed by atoms with van der Waals surface area (Å²) in [6.07, 6.45) is 1.60. The van der Waals surface area contributed by atoms with Crippen LogP contribution in [0.4, 0.5) is 10.1 Å². The summed E-state index contributed by atoms with van der Waals surface area (Å²) < 4.78 is 12.9. The zero-order valence-corrected chi connectivity index (χ0v) is 10.3. The maximum absolute atomic E-state index is 12.9. The average molecular weight is 238 g/mol. The highest BCUT2D eigenvalue weighted by molar-refractivity contribution is 5.92. The summed E-state index contributed by atoms with van der Waals surface area (Å²) in [5.41, 5.74) is 6.79. The van der Waals surface area contributed by atoms with Crippen LogP contribution in [0.1, 0.15) is 25.3 Å². The molecule has 0 heterocycles. The second-order valence-corrected chi connectivity index (χ2v) is 4.28. The molecule has 0 aliphatic heterocycles. The number of anilines is 1. The number of rotatable bonds is 5. The summed E-state index contributed by atoms with van der Waals surface area (Å²) in [5.74, 6) is -0.423. The molecule has 1 atom stereocenters. The van der Waals surface area contributed by atoms with Gasteiger partial charge in [-0.05, 0) is 50.1 Å². The van der Waals surface area contributed by atoms with Crippen LogP contribution >= 0.6 is 0 Å². The van der Waals surface area contributed by atoms with Gasteiger partial charge in [-0.25, -0.2) is 4.39 Å². The van der Waals surface area contributed by atoms with E-state index in [0.29, 0.717) is 12.2 Å². The summed E-state index contributed by atoms with van der Waals surface area (Å²) >= 11 is 0. The van der Waals surface area contributed by atoms with Crippen LogP contribution in [0.25, 0.3) is 0 Å². The van der Waals surface area contributed by atoms with E-state index in [1.54, 1.807) is 13.0 Å². The Balaban J connectivity index is 2.61. The van der Waals surface area contributed by atoms with E-state index < -0.39 is 0 Å². The minimum atomic E-state index is -0.295. The minimum Gasteiger partial charge on any atom is -0.330 e. The van der Waals surface area contributed by atoms with Gasteiger partial charge in [0.1, 0.15) is 5.82 Å². The topological polar surface area (TPSA) is 55.1 Å². The van der Waals surface area contributed by atoms with Gasteiger partial charge in [0, 0.05) is 11.6 Å². The predicted molar refractivity (Wildman–Crippen MR) is 67.2 cm³/mol. The molecule has 0 aliphatic rings. The van der Waals surface area contributed by atoms with E-state index in [1.807, 2.05) is 6.92 Å². The maximum Gasteiger partial charge on any atom is 0.227 e. The zero-order chi connectivity index (χ0) is 12.8. The highest BCUT2D eigenvalue weighted by Gasteiger charge is 2.13. The van der Waals surface area contributed by atoms with Crippen molar-refractivity contribution in [3.8, 4) is 0 Å². The number of amides is 1. The molecule has 0 radical (unpaired) electrons. The minimum absolute atomic E-state index is 0.0480. The molecule has 94 valence electrons. The quantitative estimate of drug-likeness (QED) is 0.827. The molecule has 0 fully saturated rings. The number of carbonyl (C=O) groups excluding carboxylic acids is 1. The Bertz CT molecular complexity index is 393. The van der Waals surface area contributed by atoms with Gasteiger partial charge >= 0.3 is 0 Å². The van der Waals surface area contributed by atoms with E-state index in [4.69, 9.17) is 5.73 Å². The van der Waals surface area contributed by atoms with Crippen molar-refractivity contribution in [2.75, 3.05) is 11.9 Å². The fourth-order valence-electron chi connectivity index (χ4n) is 1.58. The molecule has 3 N–H and O–H groups in total. The molecule has 1 aromatic rings. The number of carbonyl (C=O) groups is 1. The molecular formula is C13H19FN2O. The Labute approximate surface area is 101 Å². The van der Waals surface area contributed by atoms with Crippen molar-refractivity contribution in [1.82, 2.24) is 0 Å². The Hall–Kier alpha value is -1.42. The Kier molecular flexibility index (Phi) is 5.10. The molecule has 0 saturated carbocycles. The third-order valence-corrected chi connectivity index (χ3v) is 2.74. The summed E-state index contributed by atoms with van der Waals surface area (Å²) in [5, 5.41) is 2.80. The molecule has 3 nitrogen and oxygen atoms in total. The molecule has 1 rings (SSSR count). The van der Waals surface area contributed by atoms with Gasteiger partial charge in [-0.3, -0.25) is 4.79 Å². The second kappa shape index (κ2) is 6.35. The van der Waals surface area contributed by atoms with Crippen molar-refractivity contribution in [3.05, 3.63) is 29.6 Å². The van der Waals surface area contributed by atoms with Crippen LogP contribution < -0.4 is 11.1 Å². The van der Waals surface area contributed by atoms with Crippen molar-refractivity contribution in [3.63, 3.8) is 0 Å². The fraction of sp³-hybridized carbons (Fsp3) is 0.462. The van der Waals surface area contributed by atoms with E-state index in [0.717, 1.165) is 18.4 Å². The molecule has 0 saturated heterocycles. The van der Waals surface area contributed by atoms with Crippen molar-refractivity contribution < 1.29 is 9.18 Å². The molecule has 1 amide bonds. The first-order chi connectivity index (χ1) is 8.04. The summed E-state index contributed by atoms with van der Waals surface area (Å²) in [6, 6.07) is 4.32. The van der Waals surface area contributed by atoms with Gasteiger partial charge in [0.15, 0.2) is 0 Å². The van der Waals surface area contributed by atoms with E-state index in [2.05, 4.69) is 5.32 Å². The highest BCUT2D eigenvalue weighted by Crippen LogP contribution is 2.17. The van der Waals surface area contributed by atoms with E-state index in [-0.39, 0.29) is 17.6 Å². The summed E-state index contributed by atoms with van der Waals surface area (Å²) in [4.78, 5) is 11.8. The number of hydrogen-bond donors (Lipinski definition) is 2. The van der Waals surface area contributed by atoms with Gasteiger partial charge in [-0.1, -0.05) is 6.92 Å². The zero-order valence-electron chi connectivity index (χ0n) is 10.3. The van der Waals surface area contributed by atoms with Crippen LogP contribution in [0.5, 0.6) is 0 Å². The SMILES string of the molecule is Cc1cc(F)ccc1NC(=O)C(C)CCCN. The number of aryl methyl sites for hydroxylation is 1. The summed E-state index contributed by atoms with van der Waals surface area (Å²) in [6.45, 7) is 4.22. The van der Waals surface area contributed by atoms with Crippen molar-refractivity contribution in [2.45, 2.75) is 26.7 Å². The number of benzene rings is 1. The van der Waals surface area contributed by atoms with Gasteiger partial charge in [-0.15, -0.1) is 0 Å². The lowest BCUT2D eigenvalue weighted by Crippen LogP contribution is -2.21. The molecule has 4 heteroatoms. The summed E-state index contributed by atoms with van der Waals surface area (Å²) in [7, 11) is 0. The van der Waals surface area contributed by atoms with Gasteiger partial charge in [0.2, 0.25) is 5.91 Å². The van der Waals surface area contributed by atoms with Crippen LogP contribution in [0.3, 0.4) is 0 Å². The Morgan fingerprint density at radius 3 is 2.82 bits per heavy atom. The van der Waals surface area contributed by atoms with Crippen LogP contribution in [0, 0.1) is 18.7 Å². The molecule has 0 aliphatic carbocycles. The molecule has 1 aromatic carbocycles. The van der Waals surface area contributed by atoms with E-state index >= 15 is 0 Å².